The number of hydrogen-bond acceptors (Lipinski definition) is 3. The third-order valence-corrected chi connectivity index (χ3v) is 4.38. The quantitative estimate of drug-likeness (QED) is 0.852. The van der Waals surface area contributed by atoms with Gasteiger partial charge in [-0.2, -0.15) is 0 Å². The predicted molar refractivity (Wildman–Crippen MR) is 90.4 cm³/mol. The molecule has 5 heteroatoms. The summed E-state index contributed by atoms with van der Waals surface area (Å²) in [5, 5.41) is 0. The lowest BCUT2D eigenvalue weighted by molar-refractivity contribution is -0.121. The van der Waals surface area contributed by atoms with Gasteiger partial charge in [0, 0.05) is 24.9 Å². The molecule has 0 aliphatic carbocycles. The summed E-state index contributed by atoms with van der Waals surface area (Å²) in [4.78, 5) is 12.8. The van der Waals surface area contributed by atoms with E-state index in [1.807, 2.05) is 0 Å². The minimum atomic E-state index is -0.701. The molecule has 0 bridgehead atoms. The molecule has 0 aliphatic heterocycles. The van der Waals surface area contributed by atoms with Crippen LogP contribution in [0.5, 0.6) is 0 Å². The fourth-order valence-corrected chi connectivity index (χ4v) is 2.79. The molecular weight excluding hydrogens is 310 g/mol. The van der Waals surface area contributed by atoms with Crippen molar-refractivity contribution >= 4 is 5.78 Å². The molecule has 24 heavy (non-hydrogen) atoms. The minimum absolute atomic E-state index is 0.254. The topological polar surface area (TPSA) is 69.1 Å². The number of halogens is 2. The Labute approximate surface area is 140 Å². The highest BCUT2D eigenvalue weighted by molar-refractivity contribution is 5.91. The van der Waals surface area contributed by atoms with Gasteiger partial charge >= 0.3 is 0 Å². The minimum Gasteiger partial charge on any atom is -0.326 e. The zero-order valence-electron chi connectivity index (χ0n) is 13.9. The van der Waals surface area contributed by atoms with Gasteiger partial charge in [0.15, 0.2) is 0 Å². The molecular formula is C19H22F2N2O. The fraction of sp³-hybridized carbons (Fsp3) is 0.316. The van der Waals surface area contributed by atoms with Crippen LogP contribution in [-0.4, -0.2) is 5.78 Å². The van der Waals surface area contributed by atoms with Crippen molar-refractivity contribution in [2.24, 2.45) is 11.5 Å². The summed E-state index contributed by atoms with van der Waals surface area (Å²) in [7, 11) is 0. The third-order valence-electron chi connectivity index (χ3n) is 4.38. The second-order valence-corrected chi connectivity index (χ2v) is 5.97. The van der Waals surface area contributed by atoms with Crippen LogP contribution in [0.15, 0.2) is 36.4 Å². The van der Waals surface area contributed by atoms with Crippen LogP contribution in [-0.2, 0) is 17.9 Å². The van der Waals surface area contributed by atoms with Crippen molar-refractivity contribution in [2.45, 2.75) is 38.8 Å². The van der Waals surface area contributed by atoms with Crippen molar-refractivity contribution < 1.29 is 13.6 Å². The molecule has 0 spiro atoms. The van der Waals surface area contributed by atoms with E-state index in [0.717, 1.165) is 11.1 Å². The molecule has 0 heterocycles. The second kappa shape index (κ2) is 7.64. The average Bonchev–Trinajstić information content (AvgIpc) is 2.60. The van der Waals surface area contributed by atoms with Crippen LogP contribution in [0, 0.1) is 11.6 Å². The molecule has 0 fully saturated rings. The highest BCUT2D eigenvalue weighted by Crippen LogP contribution is 2.30. The maximum Gasteiger partial charge on any atom is 0.147 e. The van der Waals surface area contributed by atoms with E-state index in [-0.39, 0.29) is 30.0 Å². The van der Waals surface area contributed by atoms with E-state index in [2.05, 4.69) is 0 Å². The molecule has 0 saturated heterocycles. The Morgan fingerprint density at radius 2 is 1.25 bits per heavy atom. The van der Waals surface area contributed by atoms with Crippen molar-refractivity contribution in [3.05, 3.63) is 70.3 Å². The predicted octanol–water partition coefficient (Wildman–Crippen LogP) is 3.36. The van der Waals surface area contributed by atoms with Crippen molar-refractivity contribution in [1.29, 1.82) is 0 Å². The van der Waals surface area contributed by atoms with E-state index in [1.165, 1.54) is 12.1 Å². The molecule has 3 nitrogen and oxygen atoms in total. The van der Waals surface area contributed by atoms with Crippen LogP contribution >= 0.6 is 0 Å². The van der Waals surface area contributed by atoms with Gasteiger partial charge in [-0.25, -0.2) is 8.78 Å². The molecule has 2 aromatic carbocycles. The van der Waals surface area contributed by atoms with Gasteiger partial charge in [0.25, 0.3) is 0 Å². The van der Waals surface area contributed by atoms with E-state index in [0.29, 0.717) is 0 Å². The molecule has 128 valence electrons. The normalized spacial score (nSPS) is 13.6. The molecule has 0 radical (unpaired) electrons. The zero-order chi connectivity index (χ0) is 17.9. The average molecular weight is 332 g/mol. The van der Waals surface area contributed by atoms with Gasteiger partial charge in [-0.15, -0.1) is 0 Å². The number of hydrogen-bond donors (Lipinski definition) is 2. The van der Waals surface area contributed by atoms with Crippen LogP contribution in [0.3, 0.4) is 0 Å². The largest absolute Gasteiger partial charge is 0.326 e. The van der Waals surface area contributed by atoms with Crippen molar-refractivity contribution in [3.63, 3.8) is 0 Å². The van der Waals surface area contributed by atoms with Gasteiger partial charge in [0.1, 0.15) is 17.4 Å². The van der Waals surface area contributed by atoms with E-state index < -0.39 is 23.5 Å². The summed E-state index contributed by atoms with van der Waals surface area (Å²) in [6, 6.07) is 8.98. The Balaban J connectivity index is 2.34. The van der Waals surface area contributed by atoms with Crippen LogP contribution < -0.4 is 11.5 Å². The molecule has 0 amide bonds. The Kier molecular flexibility index (Phi) is 5.80. The van der Waals surface area contributed by atoms with Gasteiger partial charge in [-0.05, 0) is 34.4 Å². The first-order valence-corrected chi connectivity index (χ1v) is 7.89. The highest BCUT2D eigenvalue weighted by Gasteiger charge is 2.27. The summed E-state index contributed by atoms with van der Waals surface area (Å²) < 4.78 is 28.2. The summed E-state index contributed by atoms with van der Waals surface area (Å²) >= 11 is 0. The van der Waals surface area contributed by atoms with Crippen molar-refractivity contribution in [2.75, 3.05) is 0 Å². The molecule has 0 aliphatic rings. The van der Waals surface area contributed by atoms with E-state index in [1.54, 1.807) is 38.1 Å². The lowest BCUT2D eigenvalue weighted by atomic mass is 9.84. The van der Waals surface area contributed by atoms with Crippen LogP contribution in [0.1, 0.15) is 47.9 Å². The second-order valence-electron chi connectivity index (χ2n) is 5.97. The Bertz CT molecular complexity index is 685. The molecule has 4 N–H and O–H groups in total. The molecule has 2 rings (SSSR count). The standard InChI is InChI=1S/C19H22F2N2O/c1-11(15-7-13(9-22)3-5-17(15)20)19(24)12(2)16-8-14(10-23)4-6-18(16)21/h3-8,11-12H,9-10,22-23H2,1-2H3. The van der Waals surface area contributed by atoms with Crippen molar-refractivity contribution in [1.82, 2.24) is 0 Å². The highest BCUT2D eigenvalue weighted by atomic mass is 19.1. The maximum atomic E-state index is 14.1. The SMILES string of the molecule is CC(C(=O)C(C)c1cc(CN)ccc1F)c1cc(CN)ccc1F. The number of carbonyl (C=O) groups is 1. The van der Waals surface area contributed by atoms with E-state index in [4.69, 9.17) is 11.5 Å². The Hall–Kier alpha value is -2.11. The summed E-state index contributed by atoms with van der Waals surface area (Å²) in [6.45, 7) is 3.78. The smallest absolute Gasteiger partial charge is 0.147 e. The molecule has 2 unspecified atom stereocenters. The molecule has 0 aromatic heterocycles. The molecule has 2 aromatic rings. The summed E-state index contributed by atoms with van der Waals surface area (Å²) in [5.41, 5.74) is 13.2. The van der Waals surface area contributed by atoms with Crippen LogP contribution in [0.2, 0.25) is 0 Å². The lowest BCUT2D eigenvalue weighted by Crippen LogP contribution is -2.19. The van der Waals surface area contributed by atoms with Gasteiger partial charge in [0.05, 0.1) is 0 Å². The summed E-state index contributed by atoms with van der Waals surface area (Å²) in [5.74, 6) is -2.58. The number of carbonyl (C=O) groups excluding carboxylic acids is 1. The van der Waals surface area contributed by atoms with Gasteiger partial charge < -0.3 is 11.5 Å². The van der Waals surface area contributed by atoms with E-state index >= 15 is 0 Å². The van der Waals surface area contributed by atoms with Crippen LogP contribution in [0.25, 0.3) is 0 Å². The third kappa shape index (κ3) is 3.68. The van der Waals surface area contributed by atoms with Gasteiger partial charge in [-0.1, -0.05) is 38.1 Å². The summed E-state index contributed by atoms with van der Waals surface area (Å²) in [6.07, 6.45) is 0. The Morgan fingerprint density at radius 3 is 1.58 bits per heavy atom. The number of nitrogens with two attached hydrogens (primary N) is 2. The number of rotatable bonds is 6. The number of Topliss-reactive ketones (excluding diaryl/α,β-unsaturated/α-hetero) is 1. The maximum absolute atomic E-state index is 14.1. The fourth-order valence-electron chi connectivity index (χ4n) is 2.79. The molecule has 0 saturated carbocycles. The lowest BCUT2D eigenvalue weighted by Gasteiger charge is -2.19. The van der Waals surface area contributed by atoms with Gasteiger partial charge in [0.2, 0.25) is 0 Å². The van der Waals surface area contributed by atoms with Crippen molar-refractivity contribution in [3.8, 4) is 0 Å². The first-order valence-electron chi connectivity index (χ1n) is 7.89. The monoisotopic (exact) mass is 332 g/mol. The zero-order valence-corrected chi connectivity index (χ0v) is 13.9. The van der Waals surface area contributed by atoms with Gasteiger partial charge in [-0.3, -0.25) is 4.79 Å². The first kappa shape index (κ1) is 18.2. The van der Waals surface area contributed by atoms with E-state index in [9.17, 15) is 13.6 Å². The van der Waals surface area contributed by atoms with Crippen LogP contribution in [0.4, 0.5) is 8.78 Å². The molecule has 2 atom stereocenters. The first-order chi connectivity index (χ1) is 11.4. The Morgan fingerprint density at radius 1 is 0.875 bits per heavy atom. The number of benzene rings is 2. The number of ketones is 1.